The zero-order chi connectivity index (χ0) is 24.0. The molecule has 5 rings (SSSR count). The van der Waals surface area contributed by atoms with E-state index in [1.165, 1.54) is 0 Å². The first-order valence-corrected chi connectivity index (χ1v) is 12.1. The van der Waals surface area contributed by atoms with Crippen molar-refractivity contribution >= 4 is 39.2 Å². The van der Waals surface area contributed by atoms with Gasteiger partial charge in [0.2, 0.25) is 0 Å². The number of phenolic OH excluding ortho intramolecular Hbond substituents is 1. The van der Waals surface area contributed by atoms with E-state index in [4.69, 9.17) is 9.40 Å². The number of furan rings is 1. The number of phenols is 1. The molecule has 5 aromatic rings. The maximum Gasteiger partial charge on any atom is 0.307 e. The zero-order valence-electron chi connectivity index (χ0n) is 19.3. The van der Waals surface area contributed by atoms with Crippen LogP contribution >= 0.6 is 11.3 Å². The van der Waals surface area contributed by atoms with Crippen molar-refractivity contribution in [2.75, 3.05) is 0 Å². The van der Waals surface area contributed by atoms with Gasteiger partial charge >= 0.3 is 5.97 Å². The molecule has 0 radical (unpaired) electrons. The van der Waals surface area contributed by atoms with E-state index in [9.17, 15) is 15.0 Å². The van der Waals surface area contributed by atoms with Crippen molar-refractivity contribution in [3.05, 3.63) is 70.9 Å². The van der Waals surface area contributed by atoms with Gasteiger partial charge in [0, 0.05) is 39.8 Å². The summed E-state index contributed by atoms with van der Waals surface area (Å²) in [6.45, 7) is 7.15. The van der Waals surface area contributed by atoms with Gasteiger partial charge in [-0.3, -0.25) is 4.79 Å². The summed E-state index contributed by atoms with van der Waals surface area (Å²) in [5.41, 5.74) is 4.67. The number of aliphatic carboxylic acids is 1. The SMILES string of the molecule is CC(C)(C)c1csc(-c2cc3cc(CCn4cc(CC(=O)O)c5cc(O)ccc54)ccc3o2)n1. The molecule has 3 heterocycles. The van der Waals surface area contributed by atoms with Gasteiger partial charge in [-0.25, -0.2) is 4.98 Å². The van der Waals surface area contributed by atoms with Gasteiger partial charge in [0.1, 0.15) is 11.3 Å². The van der Waals surface area contributed by atoms with Crippen LogP contribution in [0.4, 0.5) is 0 Å². The summed E-state index contributed by atoms with van der Waals surface area (Å²) in [7, 11) is 0. The number of nitrogens with zero attached hydrogens (tertiary/aromatic N) is 2. The second kappa shape index (κ2) is 8.33. The normalized spacial score (nSPS) is 12.1. The minimum absolute atomic E-state index is 0.000349. The summed E-state index contributed by atoms with van der Waals surface area (Å²) in [4.78, 5) is 16.0. The van der Waals surface area contributed by atoms with Gasteiger partial charge in [0.15, 0.2) is 10.8 Å². The van der Waals surface area contributed by atoms with Gasteiger partial charge in [-0.2, -0.15) is 0 Å². The van der Waals surface area contributed by atoms with Gasteiger partial charge in [-0.15, -0.1) is 11.3 Å². The van der Waals surface area contributed by atoms with Crippen LogP contribution in [0.5, 0.6) is 5.75 Å². The summed E-state index contributed by atoms with van der Waals surface area (Å²) in [5.74, 6) is 0.0218. The third-order valence-corrected chi connectivity index (χ3v) is 6.85. The van der Waals surface area contributed by atoms with Gasteiger partial charge in [-0.1, -0.05) is 26.8 Å². The quantitative estimate of drug-likeness (QED) is 0.298. The molecule has 34 heavy (non-hydrogen) atoms. The second-order valence-corrected chi connectivity index (χ2v) is 10.5. The monoisotopic (exact) mass is 474 g/mol. The maximum absolute atomic E-state index is 11.3. The largest absolute Gasteiger partial charge is 0.508 e. The first kappa shape index (κ1) is 22.2. The van der Waals surface area contributed by atoms with Crippen LogP contribution in [-0.2, 0) is 29.6 Å². The molecular formula is C27H26N2O4S. The van der Waals surface area contributed by atoms with Gasteiger partial charge < -0.3 is 19.2 Å². The first-order valence-electron chi connectivity index (χ1n) is 11.2. The summed E-state index contributed by atoms with van der Waals surface area (Å²) < 4.78 is 8.13. The minimum Gasteiger partial charge on any atom is -0.508 e. The highest BCUT2D eigenvalue weighted by molar-refractivity contribution is 7.13. The second-order valence-electron chi connectivity index (χ2n) is 9.64. The Morgan fingerprint density at radius 1 is 1.15 bits per heavy atom. The van der Waals surface area contributed by atoms with Crippen molar-refractivity contribution in [1.82, 2.24) is 9.55 Å². The number of carbonyl (C=O) groups is 1. The summed E-state index contributed by atoms with van der Waals surface area (Å²) in [5, 5.41) is 23.9. The fourth-order valence-electron chi connectivity index (χ4n) is 4.18. The Labute approximate surface area is 201 Å². The molecule has 0 aliphatic heterocycles. The molecule has 0 saturated carbocycles. The summed E-state index contributed by atoms with van der Waals surface area (Å²) >= 11 is 1.60. The molecule has 2 aromatic carbocycles. The topological polar surface area (TPSA) is 88.5 Å². The molecule has 6 nitrogen and oxygen atoms in total. The molecule has 3 aromatic heterocycles. The molecule has 7 heteroatoms. The molecule has 0 aliphatic rings. The van der Waals surface area contributed by atoms with E-state index >= 15 is 0 Å². The van der Waals surface area contributed by atoms with Gasteiger partial charge in [-0.05, 0) is 53.9 Å². The van der Waals surface area contributed by atoms with Crippen molar-refractivity contribution in [3.63, 3.8) is 0 Å². The van der Waals surface area contributed by atoms with E-state index in [1.807, 2.05) is 24.4 Å². The van der Waals surface area contributed by atoms with E-state index in [1.54, 1.807) is 23.5 Å². The van der Waals surface area contributed by atoms with Crippen LogP contribution in [0.1, 0.15) is 37.6 Å². The Morgan fingerprint density at radius 2 is 1.97 bits per heavy atom. The highest BCUT2D eigenvalue weighted by Crippen LogP contribution is 2.34. The Hall–Kier alpha value is -3.58. The van der Waals surface area contributed by atoms with Crippen molar-refractivity contribution < 1.29 is 19.4 Å². The number of thiazole rings is 1. The molecule has 0 spiro atoms. The van der Waals surface area contributed by atoms with Gasteiger partial charge in [0.05, 0.1) is 12.1 Å². The molecule has 0 atom stereocenters. The van der Waals surface area contributed by atoms with Crippen LogP contribution in [0.2, 0.25) is 0 Å². The number of carboxylic acids is 1. The van der Waals surface area contributed by atoms with E-state index in [0.29, 0.717) is 12.1 Å². The lowest BCUT2D eigenvalue weighted by Gasteiger charge is -2.13. The average Bonchev–Trinajstić information content (AvgIpc) is 3.48. The molecule has 0 fully saturated rings. The third kappa shape index (κ3) is 4.31. The van der Waals surface area contributed by atoms with Crippen LogP contribution in [0.25, 0.3) is 32.6 Å². The number of fused-ring (bicyclic) bond motifs is 2. The van der Waals surface area contributed by atoms with Crippen LogP contribution in [0, 0.1) is 0 Å². The molecule has 0 amide bonds. The molecule has 2 N–H and O–H groups in total. The fraction of sp³-hybridized carbons (Fsp3) is 0.259. The summed E-state index contributed by atoms with van der Waals surface area (Å²) in [6, 6.07) is 13.3. The fourth-order valence-corrected chi connectivity index (χ4v) is 5.18. The predicted molar refractivity (Wildman–Crippen MR) is 135 cm³/mol. The number of carboxylic acid groups (broad SMARTS) is 1. The number of aromatic nitrogens is 2. The highest BCUT2D eigenvalue weighted by Gasteiger charge is 2.19. The number of hydrogen-bond acceptors (Lipinski definition) is 5. The van der Waals surface area contributed by atoms with E-state index in [0.717, 1.165) is 50.3 Å². The average molecular weight is 475 g/mol. The minimum atomic E-state index is -0.890. The molecular weight excluding hydrogens is 448 g/mol. The Balaban J connectivity index is 1.39. The lowest BCUT2D eigenvalue weighted by molar-refractivity contribution is -0.136. The standard InChI is InChI=1S/C27H26N2O4S/c1-27(2,3)24-15-34-26(28-24)23-11-17-10-16(4-7-22(17)33-23)8-9-29-14-18(12-25(31)32)20-13-19(30)5-6-21(20)29/h4-7,10-11,13-15,30H,8-9,12H2,1-3H3,(H,31,32). The Morgan fingerprint density at radius 3 is 2.71 bits per heavy atom. The van der Waals surface area contributed by atoms with Crippen molar-refractivity contribution in [3.8, 4) is 16.5 Å². The van der Waals surface area contributed by atoms with Crippen LogP contribution in [-0.4, -0.2) is 25.7 Å². The molecule has 0 bridgehead atoms. The maximum atomic E-state index is 11.3. The van der Waals surface area contributed by atoms with E-state index in [2.05, 4.69) is 42.9 Å². The lowest BCUT2D eigenvalue weighted by atomic mass is 9.93. The van der Waals surface area contributed by atoms with Crippen molar-refractivity contribution in [2.24, 2.45) is 0 Å². The lowest BCUT2D eigenvalue weighted by Crippen LogP contribution is -2.11. The number of aromatic hydroxyl groups is 1. The molecule has 0 aliphatic carbocycles. The predicted octanol–water partition coefficient (Wildman–Crippen LogP) is 6.38. The number of hydrogen-bond donors (Lipinski definition) is 2. The smallest absolute Gasteiger partial charge is 0.307 e. The highest BCUT2D eigenvalue weighted by atomic mass is 32.1. The van der Waals surface area contributed by atoms with Crippen LogP contribution in [0.15, 0.2) is 58.5 Å². The van der Waals surface area contributed by atoms with Crippen molar-refractivity contribution in [1.29, 1.82) is 0 Å². The van der Waals surface area contributed by atoms with E-state index < -0.39 is 5.97 Å². The molecule has 0 saturated heterocycles. The third-order valence-electron chi connectivity index (χ3n) is 5.99. The zero-order valence-corrected chi connectivity index (χ0v) is 20.1. The van der Waals surface area contributed by atoms with Crippen molar-refractivity contribution in [2.45, 2.75) is 45.6 Å². The number of rotatable bonds is 6. The molecule has 174 valence electrons. The van der Waals surface area contributed by atoms with Gasteiger partial charge in [0.25, 0.3) is 0 Å². The first-order chi connectivity index (χ1) is 16.2. The van der Waals surface area contributed by atoms with Crippen LogP contribution in [0.3, 0.4) is 0 Å². The Kier molecular flexibility index (Phi) is 5.44. The summed E-state index contributed by atoms with van der Waals surface area (Å²) in [6.07, 6.45) is 2.57. The van der Waals surface area contributed by atoms with Crippen LogP contribution < -0.4 is 0 Å². The molecule has 0 unspecified atom stereocenters. The Bertz CT molecular complexity index is 1520. The number of aryl methyl sites for hydroxylation is 2. The number of benzene rings is 2. The van der Waals surface area contributed by atoms with E-state index in [-0.39, 0.29) is 17.6 Å².